The molecule has 0 aliphatic heterocycles. The van der Waals surface area contributed by atoms with Crippen LogP contribution in [-0.2, 0) is 0 Å². The summed E-state index contributed by atoms with van der Waals surface area (Å²) in [6.07, 6.45) is 1.72. The maximum Gasteiger partial charge on any atom is 0.138 e. The maximum atomic E-state index is 10.2. The highest BCUT2D eigenvalue weighted by molar-refractivity contribution is 9.11. The Labute approximate surface area is 158 Å². The fraction of sp³-hybridized carbons (Fsp3) is 0.0500. The molecule has 120 valence electrons. The summed E-state index contributed by atoms with van der Waals surface area (Å²) < 4.78 is 1.51. The lowest BCUT2D eigenvalue weighted by atomic mass is 9.99. The van der Waals surface area contributed by atoms with Gasteiger partial charge in [-0.25, -0.2) is 0 Å². The number of benzene rings is 3. The van der Waals surface area contributed by atoms with E-state index in [1.165, 1.54) is 0 Å². The first-order valence-corrected chi connectivity index (χ1v) is 9.05. The number of aliphatic imine (C=N–C) groups is 1. The van der Waals surface area contributed by atoms with E-state index < -0.39 is 0 Å². The van der Waals surface area contributed by atoms with Gasteiger partial charge in [0.25, 0.3) is 0 Å². The smallest absolute Gasteiger partial charge is 0.138 e. The van der Waals surface area contributed by atoms with E-state index in [0.717, 1.165) is 15.6 Å². The Morgan fingerprint density at radius 3 is 1.92 bits per heavy atom. The van der Waals surface area contributed by atoms with Crippen LogP contribution in [0.1, 0.15) is 22.7 Å². The summed E-state index contributed by atoms with van der Waals surface area (Å²) in [6, 6.07) is 23.8. The second-order valence-corrected chi connectivity index (χ2v) is 7.10. The molecule has 3 aromatic carbocycles. The number of aromatic hydroxyl groups is 1. The van der Waals surface area contributed by atoms with Gasteiger partial charge in [-0.15, -0.1) is 0 Å². The van der Waals surface area contributed by atoms with Gasteiger partial charge in [-0.05, 0) is 39.2 Å². The minimum atomic E-state index is -0.121. The number of hydrogen-bond acceptors (Lipinski definition) is 2. The molecule has 4 heteroatoms. The van der Waals surface area contributed by atoms with Crippen molar-refractivity contribution < 1.29 is 5.11 Å². The van der Waals surface area contributed by atoms with Crippen molar-refractivity contribution in [3.8, 4) is 5.75 Å². The van der Waals surface area contributed by atoms with Crippen LogP contribution in [-0.4, -0.2) is 11.3 Å². The first kappa shape index (κ1) is 16.9. The van der Waals surface area contributed by atoms with Gasteiger partial charge >= 0.3 is 0 Å². The minimum absolute atomic E-state index is 0.121. The molecule has 0 aliphatic rings. The second-order valence-electron chi connectivity index (χ2n) is 5.33. The Morgan fingerprint density at radius 1 is 0.833 bits per heavy atom. The number of phenols is 1. The van der Waals surface area contributed by atoms with Crippen LogP contribution in [0.25, 0.3) is 0 Å². The molecule has 0 saturated carbocycles. The van der Waals surface area contributed by atoms with Gasteiger partial charge in [0, 0.05) is 16.3 Å². The van der Waals surface area contributed by atoms with Crippen LogP contribution in [0, 0.1) is 0 Å². The van der Waals surface area contributed by atoms with Gasteiger partial charge in [-0.3, -0.25) is 4.99 Å². The fourth-order valence-corrected chi connectivity index (χ4v) is 3.73. The average Bonchev–Trinajstić information content (AvgIpc) is 2.61. The third kappa shape index (κ3) is 3.94. The van der Waals surface area contributed by atoms with E-state index in [2.05, 4.69) is 56.1 Å². The zero-order valence-electron chi connectivity index (χ0n) is 12.7. The summed E-state index contributed by atoms with van der Waals surface area (Å²) in [5.41, 5.74) is 2.87. The molecule has 0 spiro atoms. The number of halogens is 2. The first-order chi connectivity index (χ1) is 11.6. The van der Waals surface area contributed by atoms with E-state index in [-0.39, 0.29) is 11.8 Å². The predicted octanol–water partition coefficient (Wildman–Crippen LogP) is 6.13. The Bertz CT molecular complexity index is 809. The SMILES string of the molecule is Oc1c(Br)cc(Br)cc1C=NC(c1ccccc1)c1ccccc1. The van der Waals surface area contributed by atoms with Crippen LogP contribution < -0.4 is 0 Å². The fourth-order valence-electron chi connectivity index (χ4n) is 2.47. The van der Waals surface area contributed by atoms with Crippen LogP contribution in [0.3, 0.4) is 0 Å². The molecule has 0 aliphatic carbocycles. The number of phenolic OH excluding ortho intramolecular Hbond substituents is 1. The van der Waals surface area contributed by atoms with Crippen LogP contribution in [0.15, 0.2) is 86.7 Å². The first-order valence-electron chi connectivity index (χ1n) is 7.46. The molecule has 3 aromatic rings. The Hall–Kier alpha value is -1.91. The van der Waals surface area contributed by atoms with Gasteiger partial charge in [0.2, 0.25) is 0 Å². The second kappa shape index (κ2) is 7.77. The molecule has 0 atom stereocenters. The lowest BCUT2D eigenvalue weighted by molar-refractivity contribution is 0.471. The number of rotatable bonds is 4. The number of hydrogen-bond donors (Lipinski definition) is 1. The lowest BCUT2D eigenvalue weighted by Gasteiger charge is -2.13. The van der Waals surface area contributed by atoms with Crippen molar-refractivity contribution >= 4 is 38.1 Å². The quantitative estimate of drug-likeness (QED) is 0.482. The van der Waals surface area contributed by atoms with Crippen molar-refractivity contribution in [3.63, 3.8) is 0 Å². The molecule has 2 nitrogen and oxygen atoms in total. The summed E-state index contributed by atoms with van der Waals surface area (Å²) in [5.74, 6) is 0.182. The Morgan fingerprint density at radius 2 is 1.38 bits per heavy atom. The van der Waals surface area contributed by atoms with E-state index in [4.69, 9.17) is 4.99 Å². The molecule has 0 aromatic heterocycles. The van der Waals surface area contributed by atoms with Crippen LogP contribution >= 0.6 is 31.9 Å². The zero-order valence-corrected chi connectivity index (χ0v) is 15.9. The summed E-state index contributed by atoms with van der Waals surface area (Å²) >= 11 is 6.79. The van der Waals surface area contributed by atoms with Crippen molar-refractivity contribution in [2.24, 2.45) is 4.99 Å². The summed E-state index contributed by atoms with van der Waals surface area (Å²) in [5, 5.41) is 10.2. The molecule has 3 rings (SSSR count). The van der Waals surface area contributed by atoms with Crippen molar-refractivity contribution in [2.45, 2.75) is 6.04 Å². The standard InChI is InChI=1S/C20H15Br2NO/c21-17-11-16(20(24)18(22)12-17)13-23-19(14-7-3-1-4-8-14)15-9-5-2-6-10-15/h1-13,19,24H. The normalized spacial score (nSPS) is 11.3. The molecular weight excluding hydrogens is 430 g/mol. The largest absolute Gasteiger partial charge is 0.506 e. The van der Waals surface area contributed by atoms with Crippen LogP contribution in [0.2, 0.25) is 0 Å². The highest BCUT2D eigenvalue weighted by atomic mass is 79.9. The third-order valence-corrected chi connectivity index (χ3v) is 4.71. The van der Waals surface area contributed by atoms with E-state index in [1.54, 1.807) is 12.3 Å². The molecule has 1 N–H and O–H groups in total. The van der Waals surface area contributed by atoms with E-state index in [0.29, 0.717) is 10.0 Å². The molecule has 0 amide bonds. The lowest BCUT2D eigenvalue weighted by Crippen LogP contribution is -1.99. The van der Waals surface area contributed by atoms with Gasteiger partial charge in [0.15, 0.2) is 0 Å². The van der Waals surface area contributed by atoms with Crippen molar-refractivity contribution in [1.82, 2.24) is 0 Å². The molecule has 0 unspecified atom stereocenters. The topological polar surface area (TPSA) is 32.6 Å². The summed E-state index contributed by atoms with van der Waals surface area (Å²) in [4.78, 5) is 4.75. The molecule has 0 fully saturated rings. The predicted molar refractivity (Wildman–Crippen MR) is 106 cm³/mol. The van der Waals surface area contributed by atoms with E-state index >= 15 is 0 Å². The molecular formula is C20H15Br2NO. The van der Waals surface area contributed by atoms with Crippen molar-refractivity contribution in [2.75, 3.05) is 0 Å². The molecule has 0 bridgehead atoms. The third-order valence-electron chi connectivity index (χ3n) is 3.65. The highest BCUT2D eigenvalue weighted by Gasteiger charge is 2.12. The molecule has 0 heterocycles. The van der Waals surface area contributed by atoms with Crippen molar-refractivity contribution in [3.05, 3.63) is 98.4 Å². The van der Waals surface area contributed by atoms with Gasteiger partial charge < -0.3 is 5.11 Å². The van der Waals surface area contributed by atoms with Gasteiger partial charge in [0.05, 0.1) is 10.5 Å². The zero-order chi connectivity index (χ0) is 16.9. The number of nitrogens with zero attached hydrogens (tertiary/aromatic N) is 1. The molecule has 0 radical (unpaired) electrons. The van der Waals surface area contributed by atoms with Gasteiger partial charge in [-0.2, -0.15) is 0 Å². The minimum Gasteiger partial charge on any atom is -0.506 e. The van der Waals surface area contributed by atoms with Gasteiger partial charge in [-0.1, -0.05) is 76.6 Å². The van der Waals surface area contributed by atoms with Crippen LogP contribution in [0.5, 0.6) is 5.75 Å². The summed E-state index contributed by atoms with van der Waals surface area (Å²) in [7, 11) is 0. The molecule has 0 saturated heterocycles. The van der Waals surface area contributed by atoms with Crippen molar-refractivity contribution in [1.29, 1.82) is 0 Å². The Kier molecular flexibility index (Phi) is 5.48. The summed E-state index contributed by atoms with van der Waals surface area (Å²) in [6.45, 7) is 0. The van der Waals surface area contributed by atoms with Crippen LogP contribution in [0.4, 0.5) is 0 Å². The monoisotopic (exact) mass is 443 g/mol. The van der Waals surface area contributed by atoms with E-state index in [1.807, 2.05) is 42.5 Å². The molecule has 24 heavy (non-hydrogen) atoms. The van der Waals surface area contributed by atoms with E-state index in [9.17, 15) is 5.11 Å². The maximum absolute atomic E-state index is 10.2. The average molecular weight is 445 g/mol. The Balaban J connectivity index is 2.02. The van der Waals surface area contributed by atoms with Gasteiger partial charge in [0.1, 0.15) is 5.75 Å². The highest BCUT2D eigenvalue weighted by Crippen LogP contribution is 2.32.